The van der Waals surface area contributed by atoms with Crippen LogP contribution in [0.1, 0.15) is 36.1 Å². The van der Waals surface area contributed by atoms with E-state index in [2.05, 4.69) is 9.97 Å². The summed E-state index contributed by atoms with van der Waals surface area (Å²) in [7, 11) is -1.19. The number of aromatic nitrogens is 4. The van der Waals surface area contributed by atoms with Gasteiger partial charge in [-0.15, -0.1) is 11.3 Å². The molecule has 6 rings (SSSR count). The van der Waals surface area contributed by atoms with Crippen LogP contribution >= 0.6 is 11.3 Å². The van der Waals surface area contributed by atoms with E-state index in [1.807, 2.05) is 4.90 Å². The SMILES string of the molecule is O=C(Cn1ccn2c(=O)c(O)c(-c3ncc(Cc4ccc(F)cc4N4CCCS4=O)s3)nc12)N1CCCCC1. The summed E-state index contributed by atoms with van der Waals surface area (Å²) in [6, 6.07) is 4.46. The number of fused-ring (bicyclic) bond motifs is 1. The van der Waals surface area contributed by atoms with Gasteiger partial charge in [0.1, 0.15) is 28.4 Å². The Morgan fingerprint density at radius 1 is 1.13 bits per heavy atom. The van der Waals surface area contributed by atoms with Gasteiger partial charge >= 0.3 is 5.56 Å². The van der Waals surface area contributed by atoms with Crippen LogP contribution in [0.3, 0.4) is 0 Å². The fraction of sp³-hybridized carbons (Fsp3) is 0.385. The molecule has 0 bridgehead atoms. The number of anilines is 1. The van der Waals surface area contributed by atoms with Gasteiger partial charge in [-0.05, 0) is 43.4 Å². The van der Waals surface area contributed by atoms with Gasteiger partial charge in [0.25, 0.3) is 0 Å². The number of carbonyl (C=O) groups is 1. The van der Waals surface area contributed by atoms with E-state index in [1.54, 1.807) is 27.3 Å². The second-order valence-electron chi connectivity index (χ2n) is 9.71. The monoisotopic (exact) mass is 570 g/mol. The standard InChI is InChI=1S/C26H27FN6O4S2/c27-18-6-5-17(20(14-18)33-9-4-12-39(33)37)13-19-15-28-24(38-19)22-23(35)25(36)32-11-10-31(26(32)29-22)16-21(34)30-7-2-1-3-8-30/h5-6,10-11,14-15,35H,1-4,7-9,12-13,16H2. The lowest BCUT2D eigenvalue weighted by molar-refractivity contribution is -0.132. The highest BCUT2D eigenvalue weighted by Gasteiger charge is 2.25. The quantitative estimate of drug-likeness (QED) is 0.382. The van der Waals surface area contributed by atoms with Crippen molar-refractivity contribution in [3.8, 4) is 16.5 Å². The van der Waals surface area contributed by atoms with Crippen molar-refractivity contribution in [2.24, 2.45) is 0 Å². The highest BCUT2D eigenvalue weighted by atomic mass is 32.2. The molecule has 2 saturated heterocycles. The van der Waals surface area contributed by atoms with Gasteiger partial charge in [0.15, 0.2) is 5.69 Å². The van der Waals surface area contributed by atoms with Crippen molar-refractivity contribution in [1.29, 1.82) is 0 Å². The van der Waals surface area contributed by atoms with E-state index in [0.29, 0.717) is 29.4 Å². The van der Waals surface area contributed by atoms with Gasteiger partial charge < -0.3 is 14.6 Å². The zero-order valence-corrected chi connectivity index (χ0v) is 22.7. The lowest BCUT2D eigenvalue weighted by Gasteiger charge is -2.26. The number of piperidine rings is 1. The molecular weight excluding hydrogens is 543 g/mol. The summed E-state index contributed by atoms with van der Waals surface area (Å²) in [6.45, 7) is 2.09. The summed E-state index contributed by atoms with van der Waals surface area (Å²) in [5, 5.41) is 11.0. The van der Waals surface area contributed by atoms with E-state index in [0.717, 1.165) is 49.2 Å². The van der Waals surface area contributed by atoms with Gasteiger partial charge in [-0.25, -0.2) is 23.0 Å². The number of carbonyl (C=O) groups excluding carboxylic acids is 1. The molecule has 39 heavy (non-hydrogen) atoms. The van der Waals surface area contributed by atoms with Gasteiger partial charge in [-0.1, -0.05) is 6.07 Å². The topological polar surface area (TPSA) is 113 Å². The lowest BCUT2D eigenvalue weighted by Crippen LogP contribution is -2.37. The van der Waals surface area contributed by atoms with Crippen molar-refractivity contribution in [2.75, 3.05) is 29.7 Å². The number of amides is 1. The summed E-state index contributed by atoms with van der Waals surface area (Å²) in [6.07, 6.45) is 9.00. The van der Waals surface area contributed by atoms with Crippen LogP contribution in [-0.2, 0) is 28.7 Å². The number of halogens is 1. The third-order valence-corrected chi connectivity index (χ3v) is 9.62. The maximum atomic E-state index is 14.1. The molecule has 4 aromatic rings. The van der Waals surface area contributed by atoms with Crippen molar-refractivity contribution in [1.82, 2.24) is 23.8 Å². The smallest absolute Gasteiger partial charge is 0.302 e. The van der Waals surface area contributed by atoms with Crippen LogP contribution in [0.25, 0.3) is 16.5 Å². The fourth-order valence-electron chi connectivity index (χ4n) is 5.10. The summed E-state index contributed by atoms with van der Waals surface area (Å²) >= 11 is 1.26. The van der Waals surface area contributed by atoms with E-state index in [1.165, 1.54) is 34.1 Å². The zero-order valence-electron chi connectivity index (χ0n) is 21.1. The molecule has 204 valence electrons. The number of aromatic hydroxyl groups is 1. The third-order valence-electron chi connectivity index (χ3n) is 7.10. The van der Waals surface area contributed by atoms with E-state index < -0.39 is 28.1 Å². The average Bonchev–Trinajstić information content (AvgIpc) is 3.68. The predicted octanol–water partition coefficient (Wildman–Crippen LogP) is 2.94. The number of rotatable bonds is 6. The number of benzene rings is 1. The van der Waals surface area contributed by atoms with Crippen LogP contribution in [0.5, 0.6) is 5.75 Å². The second-order valence-corrected chi connectivity index (χ2v) is 12.3. The highest BCUT2D eigenvalue weighted by molar-refractivity contribution is 7.86. The van der Waals surface area contributed by atoms with Crippen molar-refractivity contribution in [3.05, 3.63) is 63.4 Å². The molecule has 1 unspecified atom stereocenters. The molecule has 1 N–H and O–H groups in total. The van der Waals surface area contributed by atoms with Gasteiger partial charge in [0, 0.05) is 55.3 Å². The molecule has 1 amide bonds. The molecule has 10 nitrogen and oxygen atoms in total. The first-order valence-electron chi connectivity index (χ1n) is 12.9. The minimum absolute atomic E-state index is 0.0396. The predicted molar refractivity (Wildman–Crippen MR) is 147 cm³/mol. The number of imidazole rings is 1. The summed E-state index contributed by atoms with van der Waals surface area (Å²) in [5.41, 5.74) is 0.798. The number of thiazole rings is 1. The van der Waals surface area contributed by atoms with Crippen molar-refractivity contribution in [2.45, 2.75) is 38.6 Å². The Morgan fingerprint density at radius 3 is 2.72 bits per heavy atom. The van der Waals surface area contributed by atoms with E-state index in [4.69, 9.17) is 0 Å². The van der Waals surface area contributed by atoms with Crippen LogP contribution < -0.4 is 9.86 Å². The number of hydrogen-bond donors (Lipinski definition) is 1. The first-order chi connectivity index (χ1) is 18.9. The Kier molecular flexibility index (Phi) is 6.94. The Hall–Kier alpha value is -3.58. The van der Waals surface area contributed by atoms with Gasteiger partial charge in [0.2, 0.25) is 17.4 Å². The molecule has 3 aromatic heterocycles. The van der Waals surface area contributed by atoms with Gasteiger partial charge in [-0.3, -0.25) is 13.9 Å². The molecular formula is C26H27FN6O4S2. The molecule has 2 aliphatic rings. The van der Waals surface area contributed by atoms with Crippen LogP contribution in [0.4, 0.5) is 10.1 Å². The van der Waals surface area contributed by atoms with Crippen molar-refractivity contribution in [3.63, 3.8) is 0 Å². The first kappa shape index (κ1) is 25.7. The van der Waals surface area contributed by atoms with E-state index >= 15 is 0 Å². The summed E-state index contributed by atoms with van der Waals surface area (Å²) in [4.78, 5) is 37.4. The van der Waals surface area contributed by atoms with E-state index in [9.17, 15) is 23.3 Å². The molecule has 2 aliphatic heterocycles. The number of hydrogen-bond acceptors (Lipinski definition) is 7. The average molecular weight is 571 g/mol. The molecule has 0 radical (unpaired) electrons. The molecule has 0 spiro atoms. The number of nitrogens with zero attached hydrogens (tertiary/aromatic N) is 6. The zero-order chi connectivity index (χ0) is 27.1. The normalized spacial score (nSPS) is 17.8. The molecule has 13 heteroatoms. The lowest BCUT2D eigenvalue weighted by atomic mass is 10.1. The summed E-state index contributed by atoms with van der Waals surface area (Å²) < 4.78 is 31.0. The second kappa shape index (κ2) is 10.5. The molecule has 1 atom stereocenters. The van der Waals surface area contributed by atoms with Crippen LogP contribution in [0.15, 0.2) is 41.6 Å². The molecule has 2 fully saturated rings. The third kappa shape index (κ3) is 4.96. The largest absolute Gasteiger partial charge is 0.501 e. The van der Waals surface area contributed by atoms with Gasteiger partial charge in [0.05, 0.1) is 5.69 Å². The Labute approximate surface area is 229 Å². The number of likely N-dealkylation sites (tertiary alicyclic amines) is 1. The van der Waals surface area contributed by atoms with Gasteiger partial charge in [-0.2, -0.15) is 0 Å². The van der Waals surface area contributed by atoms with Crippen molar-refractivity contribution >= 4 is 39.7 Å². The highest BCUT2D eigenvalue weighted by Crippen LogP contribution is 2.33. The van der Waals surface area contributed by atoms with Crippen molar-refractivity contribution < 1.29 is 18.5 Å². The van der Waals surface area contributed by atoms with Crippen LogP contribution in [0, 0.1) is 5.82 Å². The van der Waals surface area contributed by atoms with E-state index in [-0.39, 0.29) is 23.9 Å². The Balaban J connectivity index is 1.30. The fourth-order valence-corrected chi connectivity index (χ4v) is 7.35. The first-order valence-corrected chi connectivity index (χ1v) is 15.0. The van der Waals surface area contributed by atoms with Crippen LogP contribution in [0.2, 0.25) is 0 Å². The minimum atomic E-state index is -1.19. The minimum Gasteiger partial charge on any atom is -0.501 e. The molecule has 1 aromatic carbocycles. The molecule has 5 heterocycles. The summed E-state index contributed by atoms with van der Waals surface area (Å²) in [5.74, 6) is -0.167. The Morgan fingerprint density at radius 2 is 1.95 bits per heavy atom. The maximum absolute atomic E-state index is 14.1. The molecule has 0 aliphatic carbocycles. The Bertz CT molecular complexity index is 1640. The molecule has 0 saturated carbocycles. The van der Waals surface area contributed by atoms with Crippen LogP contribution in [-0.4, -0.2) is 64.4 Å². The maximum Gasteiger partial charge on any atom is 0.302 e.